The van der Waals surface area contributed by atoms with Gasteiger partial charge < -0.3 is 10.1 Å². The SMILES string of the molecule is O=C(COC(=O)c1c(Cl)ccc(Cl)c1Cl)Nc1c(Cl)cc(Cl)cc1Cl. The second kappa shape index (κ2) is 8.67. The normalized spacial score (nSPS) is 10.5. The van der Waals surface area contributed by atoms with Crippen molar-refractivity contribution in [1.29, 1.82) is 0 Å². The largest absolute Gasteiger partial charge is 0.452 e. The van der Waals surface area contributed by atoms with Gasteiger partial charge in [0.05, 0.1) is 36.4 Å². The number of carbonyl (C=O) groups excluding carboxylic acids is 2. The van der Waals surface area contributed by atoms with Gasteiger partial charge in [0.25, 0.3) is 5.91 Å². The summed E-state index contributed by atoms with van der Waals surface area (Å²) in [4.78, 5) is 24.0. The molecule has 4 nitrogen and oxygen atoms in total. The maximum absolute atomic E-state index is 12.1. The van der Waals surface area contributed by atoms with Gasteiger partial charge in [-0.1, -0.05) is 69.6 Å². The Morgan fingerprint density at radius 1 is 0.880 bits per heavy atom. The predicted molar refractivity (Wildman–Crippen MR) is 102 cm³/mol. The molecule has 1 amide bonds. The zero-order chi connectivity index (χ0) is 18.7. The van der Waals surface area contributed by atoms with Crippen molar-refractivity contribution in [2.45, 2.75) is 0 Å². The summed E-state index contributed by atoms with van der Waals surface area (Å²) in [6.07, 6.45) is 0. The first-order valence-corrected chi connectivity index (χ1v) is 8.72. The molecule has 25 heavy (non-hydrogen) atoms. The average Bonchev–Trinajstić information content (AvgIpc) is 2.53. The van der Waals surface area contributed by atoms with Gasteiger partial charge in [0.15, 0.2) is 6.61 Å². The van der Waals surface area contributed by atoms with Crippen LogP contribution in [0.5, 0.6) is 0 Å². The first kappa shape index (κ1) is 20.4. The first-order valence-electron chi connectivity index (χ1n) is 6.45. The smallest absolute Gasteiger partial charge is 0.341 e. The fourth-order valence-electron chi connectivity index (χ4n) is 1.75. The van der Waals surface area contributed by atoms with E-state index in [0.717, 1.165) is 0 Å². The fraction of sp³-hybridized carbons (Fsp3) is 0.0667. The lowest BCUT2D eigenvalue weighted by molar-refractivity contribution is -0.119. The lowest BCUT2D eigenvalue weighted by atomic mass is 10.2. The van der Waals surface area contributed by atoms with Crippen molar-refractivity contribution in [1.82, 2.24) is 0 Å². The number of rotatable bonds is 4. The van der Waals surface area contributed by atoms with Crippen LogP contribution in [0.2, 0.25) is 30.1 Å². The Balaban J connectivity index is 2.06. The monoisotopic (exact) mass is 459 g/mol. The molecule has 2 aromatic rings. The highest BCUT2D eigenvalue weighted by molar-refractivity contribution is 6.46. The van der Waals surface area contributed by atoms with Crippen molar-refractivity contribution in [3.8, 4) is 0 Å². The van der Waals surface area contributed by atoms with Gasteiger partial charge in [-0.25, -0.2) is 4.79 Å². The maximum atomic E-state index is 12.1. The number of esters is 1. The minimum atomic E-state index is -0.902. The predicted octanol–water partition coefficient (Wildman–Crippen LogP) is 6.40. The standard InChI is InChI=1S/C15H7Cl6NO3/c16-6-3-9(19)14(10(20)4-6)22-11(23)5-25-15(24)12-7(17)1-2-8(18)13(12)21/h1-4H,5H2,(H,22,23). The summed E-state index contributed by atoms with van der Waals surface area (Å²) >= 11 is 35.4. The second-order valence-electron chi connectivity index (χ2n) is 4.59. The van der Waals surface area contributed by atoms with E-state index in [2.05, 4.69) is 5.32 Å². The number of halogens is 6. The summed E-state index contributed by atoms with van der Waals surface area (Å²) in [6, 6.07) is 5.63. The number of carbonyl (C=O) groups is 2. The molecule has 10 heteroatoms. The lowest BCUT2D eigenvalue weighted by Gasteiger charge is -2.11. The van der Waals surface area contributed by atoms with Gasteiger partial charge in [0.2, 0.25) is 0 Å². The van der Waals surface area contributed by atoms with Crippen molar-refractivity contribution < 1.29 is 14.3 Å². The van der Waals surface area contributed by atoms with E-state index in [1.807, 2.05) is 0 Å². The molecule has 0 aliphatic carbocycles. The highest BCUT2D eigenvalue weighted by atomic mass is 35.5. The van der Waals surface area contributed by atoms with E-state index in [1.165, 1.54) is 24.3 Å². The molecule has 0 unspecified atom stereocenters. The molecular weight excluding hydrogens is 455 g/mol. The number of hydrogen-bond donors (Lipinski definition) is 1. The van der Waals surface area contributed by atoms with Crippen LogP contribution in [0.25, 0.3) is 0 Å². The van der Waals surface area contributed by atoms with Gasteiger partial charge in [-0.3, -0.25) is 4.79 Å². The Morgan fingerprint density at radius 3 is 2.04 bits per heavy atom. The van der Waals surface area contributed by atoms with Crippen LogP contribution >= 0.6 is 69.6 Å². The van der Waals surface area contributed by atoms with Crippen LogP contribution in [0, 0.1) is 0 Å². The third-order valence-electron chi connectivity index (χ3n) is 2.85. The van der Waals surface area contributed by atoms with E-state index in [0.29, 0.717) is 5.02 Å². The molecule has 0 saturated heterocycles. The molecule has 0 heterocycles. The Bertz CT molecular complexity index is 832. The fourth-order valence-corrected chi connectivity index (χ4v) is 3.35. The Hall–Kier alpha value is -0.880. The molecule has 0 bridgehead atoms. The Kier molecular flexibility index (Phi) is 7.09. The highest BCUT2D eigenvalue weighted by Crippen LogP contribution is 2.34. The third-order valence-corrected chi connectivity index (χ3v) is 4.79. The van der Waals surface area contributed by atoms with Crippen molar-refractivity contribution >= 4 is 87.2 Å². The van der Waals surface area contributed by atoms with Gasteiger partial charge in [0.1, 0.15) is 0 Å². The molecule has 0 aliphatic heterocycles. The van der Waals surface area contributed by atoms with Crippen LogP contribution in [-0.4, -0.2) is 18.5 Å². The number of benzene rings is 2. The molecule has 1 N–H and O–H groups in total. The molecule has 0 fully saturated rings. The van der Waals surface area contributed by atoms with Gasteiger partial charge in [0, 0.05) is 5.02 Å². The number of anilines is 1. The van der Waals surface area contributed by atoms with Gasteiger partial charge in [-0.05, 0) is 24.3 Å². The number of nitrogens with one attached hydrogen (secondary N) is 1. The summed E-state index contributed by atoms with van der Waals surface area (Å²) in [5.41, 5.74) is 0.0128. The van der Waals surface area contributed by atoms with E-state index in [1.54, 1.807) is 0 Å². The summed E-state index contributed by atoms with van der Waals surface area (Å²) < 4.78 is 4.89. The molecule has 2 rings (SSSR count). The van der Waals surface area contributed by atoms with Gasteiger partial charge >= 0.3 is 5.97 Å². The van der Waals surface area contributed by atoms with Crippen molar-refractivity contribution in [3.63, 3.8) is 0 Å². The summed E-state index contributed by atoms with van der Waals surface area (Å²) in [5.74, 6) is -1.57. The van der Waals surface area contributed by atoms with Crippen LogP contribution in [0.15, 0.2) is 24.3 Å². The van der Waals surface area contributed by atoms with E-state index in [9.17, 15) is 9.59 Å². The molecular formula is C15H7Cl6NO3. The van der Waals surface area contributed by atoms with Crippen molar-refractivity contribution in [2.75, 3.05) is 11.9 Å². The van der Waals surface area contributed by atoms with Gasteiger partial charge in [-0.15, -0.1) is 0 Å². The van der Waals surface area contributed by atoms with E-state index < -0.39 is 18.5 Å². The van der Waals surface area contributed by atoms with Crippen LogP contribution in [0.3, 0.4) is 0 Å². The quantitative estimate of drug-likeness (QED) is 0.423. The summed E-state index contributed by atoms with van der Waals surface area (Å²) in [5, 5.41) is 3.11. The van der Waals surface area contributed by atoms with E-state index in [4.69, 9.17) is 74.3 Å². The molecule has 0 saturated carbocycles. The zero-order valence-corrected chi connectivity index (χ0v) is 16.5. The van der Waals surface area contributed by atoms with Gasteiger partial charge in [-0.2, -0.15) is 0 Å². The Labute approximate surface area is 172 Å². The number of amides is 1. The maximum Gasteiger partial charge on any atom is 0.341 e. The minimum absolute atomic E-state index is 0.0450. The molecule has 2 aromatic carbocycles. The molecule has 0 aliphatic rings. The first-order chi connectivity index (χ1) is 11.7. The summed E-state index contributed by atoms with van der Waals surface area (Å²) in [7, 11) is 0. The van der Waals surface area contributed by atoms with Crippen molar-refractivity contribution in [2.24, 2.45) is 0 Å². The lowest BCUT2D eigenvalue weighted by Crippen LogP contribution is -2.21. The zero-order valence-electron chi connectivity index (χ0n) is 12.0. The number of ether oxygens (including phenoxy) is 1. The third kappa shape index (κ3) is 5.07. The van der Waals surface area contributed by atoms with E-state index in [-0.39, 0.29) is 36.4 Å². The van der Waals surface area contributed by atoms with Crippen LogP contribution < -0.4 is 5.32 Å². The van der Waals surface area contributed by atoms with Crippen LogP contribution in [0.1, 0.15) is 10.4 Å². The molecule has 0 spiro atoms. The molecule has 0 aromatic heterocycles. The minimum Gasteiger partial charge on any atom is -0.452 e. The molecule has 0 radical (unpaired) electrons. The molecule has 0 atom stereocenters. The Morgan fingerprint density at radius 2 is 1.44 bits per heavy atom. The second-order valence-corrected chi connectivity index (χ2v) is 7.03. The summed E-state index contributed by atoms with van der Waals surface area (Å²) in [6.45, 7) is -0.618. The van der Waals surface area contributed by atoms with Crippen molar-refractivity contribution in [3.05, 3.63) is 60.0 Å². The molecule has 132 valence electrons. The topological polar surface area (TPSA) is 55.4 Å². The average molecular weight is 462 g/mol. The highest BCUT2D eigenvalue weighted by Gasteiger charge is 2.20. The van der Waals surface area contributed by atoms with E-state index >= 15 is 0 Å². The van der Waals surface area contributed by atoms with Crippen LogP contribution in [-0.2, 0) is 9.53 Å². The van der Waals surface area contributed by atoms with Crippen LogP contribution in [0.4, 0.5) is 5.69 Å². The number of hydrogen-bond acceptors (Lipinski definition) is 3.